The van der Waals surface area contributed by atoms with E-state index in [1.165, 1.54) is 11.3 Å². The fourth-order valence-electron chi connectivity index (χ4n) is 3.14. The third-order valence-corrected chi connectivity index (χ3v) is 3.62. The summed E-state index contributed by atoms with van der Waals surface area (Å²) in [4.78, 5) is 6.73. The summed E-state index contributed by atoms with van der Waals surface area (Å²) in [6, 6.07) is 2.59. The van der Waals surface area contributed by atoms with Crippen LogP contribution in [-0.2, 0) is 11.3 Å². The summed E-state index contributed by atoms with van der Waals surface area (Å²) in [5, 5.41) is 3.48. The Morgan fingerprint density at radius 1 is 1.24 bits per heavy atom. The van der Waals surface area contributed by atoms with E-state index in [4.69, 9.17) is 4.74 Å². The van der Waals surface area contributed by atoms with Crippen LogP contribution in [0.5, 0.6) is 0 Å². The molecule has 0 spiro atoms. The zero-order valence-corrected chi connectivity index (χ0v) is 14.2. The molecule has 0 aliphatic carbocycles. The summed E-state index contributed by atoms with van der Waals surface area (Å²) in [5.74, 6) is 0. The second-order valence-corrected chi connectivity index (χ2v) is 7.52. The van der Waals surface area contributed by atoms with Crippen LogP contribution in [0.2, 0.25) is 0 Å². The number of hydrogen-bond donors (Lipinski definition) is 1. The van der Waals surface area contributed by atoms with Crippen molar-refractivity contribution < 1.29 is 4.74 Å². The molecule has 0 bridgehead atoms. The minimum absolute atomic E-state index is 0.145. The average Bonchev–Trinajstić information content (AvgIpc) is 2.33. The van der Waals surface area contributed by atoms with Gasteiger partial charge in [-0.1, -0.05) is 13.8 Å². The number of ether oxygens (including phenoxy) is 1. The molecule has 0 unspecified atom stereocenters. The number of nitrogens with one attached hydrogen (secondary N) is 1. The van der Waals surface area contributed by atoms with Gasteiger partial charge in [-0.25, -0.2) is 0 Å². The molecule has 0 saturated carbocycles. The molecule has 118 valence electrons. The molecule has 0 atom stereocenters. The summed E-state index contributed by atoms with van der Waals surface area (Å²) in [7, 11) is 0. The molecule has 1 fully saturated rings. The van der Waals surface area contributed by atoms with E-state index in [9.17, 15) is 0 Å². The van der Waals surface area contributed by atoms with Gasteiger partial charge in [-0.3, -0.25) is 4.98 Å². The van der Waals surface area contributed by atoms with E-state index in [2.05, 4.69) is 62.8 Å². The minimum Gasteiger partial charge on any atom is -0.366 e. The Morgan fingerprint density at radius 3 is 2.43 bits per heavy atom. The second kappa shape index (κ2) is 5.93. The van der Waals surface area contributed by atoms with Crippen LogP contribution >= 0.6 is 0 Å². The van der Waals surface area contributed by atoms with Gasteiger partial charge in [0.25, 0.3) is 0 Å². The van der Waals surface area contributed by atoms with Gasteiger partial charge >= 0.3 is 0 Å². The van der Waals surface area contributed by atoms with Crippen molar-refractivity contribution in [2.45, 2.75) is 65.3 Å². The van der Waals surface area contributed by atoms with Crippen molar-refractivity contribution in [2.24, 2.45) is 0 Å². The van der Waals surface area contributed by atoms with Gasteiger partial charge in [0.05, 0.1) is 11.2 Å². The summed E-state index contributed by atoms with van der Waals surface area (Å²) in [6.45, 7) is 15.6. The van der Waals surface area contributed by atoms with Crippen molar-refractivity contribution in [3.05, 3.63) is 24.0 Å². The highest BCUT2D eigenvalue weighted by Crippen LogP contribution is 2.32. The first-order valence-corrected chi connectivity index (χ1v) is 7.80. The Morgan fingerprint density at radius 2 is 1.86 bits per heavy atom. The first-order chi connectivity index (χ1) is 9.69. The highest BCUT2D eigenvalue weighted by atomic mass is 16.5. The molecule has 2 rings (SSSR count). The van der Waals surface area contributed by atoms with Crippen molar-refractivity contribution in [2.75, 3.05) is 18.0 Å². The number of morpholine rings is 1. The summed E-state index contributed by atoms with van der Waals surface area (Å²) >= 11 is 0. The fourth-order valence-corrected chi connectivity index (χ4v) is 3.14. The number of rotatable bonds is 4. The lowest BCUT2D eigenvalue weighted by molar-refractivity contribution is -0.133. The maximum Gasteiger partial charge on any atom is 0.0808 e. The summed E-state index contributed by atoms with van der Waals surface area (Å²) < 4.78 is 6.18. The molecule has 1 aliphatic rings. The lowest BCUT2D eigenvalue weighted by Crippen LogP contribution is -2.57. The van der Waals surface area contributed by atoms with Gasteiger partial charge < -0.3 is 15.0 Å². The average molecular weight is 291 g/mol. The van der Waals surface area contributed by atoms with Crippen molar-refractivity contribution in [3.8, 4) is 0 Å². The number of hydrogen-bond acceptors (Lipinski definition) is 4. The van der Waals surface area contributed by atoms with Crippen LogP contribution in [0.25, 0.3) is 0 Å². The maximum atomic E-state index is 6.18. The van der Waals surface area contributed by atoms with Gasteiger partial charge in [0.2, 0.25) is 0 Å². The molecule has 0 aromatic carbocycles. The molecule has 21 heavy (non-hydrogen) atoms. The fraction of sp³-hybridized carbons (Fsp3) is 0.706. The van der Waals surface area contributed by atoms with Gasteiger partial charge in [0.1, 0.15) is 0 Å². The Labute approximate surface area is 128 Å². The standard InChI is InChI=1S/C17H29N3O/c1-13(2)19-10-14-9-18-8-7-15(14)20-11-16(3,4)21-17(5,6)12-20/h7-9,13,19H,10-12H2,1-6H3. The van der Waals surface area contributed by atoms with Gasteiger partial charge in [-0.05, 0) is 33.8 Å². The van der Waals surface area contributed by atoms with Crippen LogP contribution in [-0.4, -0.2) is 35.3 Å². The molecule has 1 aromatic heterocycles. The monoisotopic (exact) mass is 291 g/mol. The number of anilines is 1. The van der Waals surface area contributed by atoms with E-state index < -0.39 is 0 Å². The SMILES string of the molecule is CC(C)NCc1cnccc1N1CC(C)(C)OC(C)(C)C1. The first kappa shape index (κ1) is 16.2. The highest BCUT2D eigenvalue weighted by molar-refractivity contribution is 5.53. The predicted molar refractivity (Wildman–Crippen MR) is 87.7 cm³/mol. The van der Waals surface area contributed by atoms with E-state index >= 15 is 0 Å². The molecule has 2 heterocycles. The molecule has 1 aromatic rings. The molecule has 1 aliphatic heterocycles. The third-order valence-electron chi connectivity index (χ3n) is 3.62. The van der Waals surface area contributed by atoms with Gasteiger partial charge in [-0.15, -0.1) is 0 Å². The van der Waals surface area contributed by atoms with E-state index in [1.54, 1.807) is 0 Å². The zero-order valence-electron chi connectivity index (χ0n) is 14.2. The largest absolute Gasteiger partial charge is 0.366 e. The molecular weight excluding hydrogens is 262 g/mol. The van der Waals surface area contributed by atoms with Crippen LogP contribution in [0, 0.1) is 0 Å². The quantitative estimate of drug-likeness (QED) is 0.925. The zero-order chi connectivity index (χ0) is 15.7. The molecule has 0 radical (unpaired) electrons. The third kappa shape index (κ3) is 4.42. The van der Waals surface area contributed by atoms with Crippen LogP contribution in [0.15, 0.2) is 18.5 Å². The van der Waals surface area contributed by atoms with Gasteiger partial charge in [-0.2, -0.15) is 0 Å². The van der Waals surface area contributed by atoms with Crippen LogP contribution < -0.4 is 10.2 Å². The van der Waals surface area contributed by atoms with E-state index in [0.29, 0.717) is 6.04 Å². The molecule has 1 N–H and O–H groups in total. The number of nitrogens with zero attached hydrogens (tertiary/aromatic N) is 2. The van der Waals surface area contributed by atoms with E-state index in [1.807, 2.05) is 12.4 Å². The van der Waals surface area contributed by atoms with Crippen LogP contribution in [0.3, 0.4) is 0 Å². The Bertz CT molecular complexity index is 467. The molecule has 0 amide bonds. The number of pyridine rings is 1. The van der Waals surface area contributed by atoms with E-state index in [0.717, 1.165) is 19.6 Å². The number of aromatic nitrogens is 1. The predicted octanol–water partition coefficient (Wildman–Crippen LogP) is 2.97. The topological polar surface area (TPSA) is 37.4 Å². The Hall–Kier alpha value is -1.13. The highest BCUT2D eigenvalue weighted by Gasteiger charge is 2.38. The van der Waals surface area contributed by atoms with Crippen LogP contribution in [0.4, 0.5) is 5.69 Å². The van der Waals surface area contributed by atoms with Crippen LogP contribution in [0.1, 0.15) is 47.1 Å². The van der Waals surface area contributed by atoms with Crippen molar-refractivity contribution >= 4 is 5.69 Å². The lowest BCUT2D eigenvalue weighted by Gasteiger charge is -2.48. The smallest absolute Gasteiger partial charge is 0.0808 e. The van der Waals surface area contributed by atoms with E-state index in [-0.39, 0.29) is 11.2 Å². The Balaban J connectivity index is 2.24. The second-order valence-electron chi connectivity index (χ2n) is 7.52. The first-order valence-electron chi connectivity index (χ1n) is 7.80. The van der Waals surface area contributed by atoms with Gasteiger partial charge in [0.15, 0.2) is 0 Å². The molecular formula is C17H29N3O. The lowest BCUT2D eigenvalue weighted by atomic mass is 9.97. The van der Waals surface area contributed by atoms with Crippen molar-refractivity contribution in [3.63, 3.8) is 0 Å². The molecule has 1 saturated heterocycles. The maximum absolute atomic E-state index is 6.18. The minimum atomic E-state index is -0.145. The van der Waals surface area contributed by atoms with Gasteiger partial charge in [0, 0.05) is 49.3 Å². The normalized spacial score (nSPS) is 20.8. The molecule has 4 nitrogen and oxygen atoms in total. The summed E-state index contributed by atoms with van der Waals surface area (Å²) in [6.07, 6.45) is 3.85. The molecule has 4 heteroatoms. The van der Waals surface area contributed by atoms with Crippen molar-refractivity contribution in [1.29, 1.82) is 0 Å². The Kier molecular flexibility index (Phi) is 4.59. The van der Waals surface area contributed by atoms with Crippen molar-refractivity contribution in [1.82, 2.24) is 10.3 Å². The summed E-state index contributed by atoms with van der Waals surface area (Å²) in [5.41, 5.74) is 2.23.